The lowest BCUT2D eigenvalue weighted by Gasteiger charge is -1.97. The molecule has 25 heavy (non-hydrogen) atoms. The molecular formula is C17H10ClN3O4. The lowest BCUT2D eigenvalue weighted by atomic mass is 10.1. The van der Waals surface area contributed by atoms with Crippen molar-refractivity contribution in [2.45, 2.75) is 0 Å². The van der Waals surface area contributed by atoms with E-state index < -0.39 is 10.9 Å². The van der Waals surface area contributed by atoms with Crippen molar-refractivity contribution in [2.75, 3.05) is 0 Å². The molecule has 0 bridgehead atoms. The highest BCUT2D eigenvalue weighted by Crippen LogP contribution is 2.20. The quantitative estimate of drug-likeness (QED) is 0.362. The summed E-state index contributed by atoms with van der Waals surface area (Å²) in [5.41, 5.74) is 0.786. The van der Waals surface area contributed by atoms with Gasteiger partial charge in [0.2, 0.25) is 5.90 Å². The molecule has 2 aromatic rings. The van der Waals surface area contributed by atoms with Gasteiger partial charge in [-0.3, -0.25) is 15.1 Å². The van der Waals surface area contributed by atoms with Crippen LogP contribution in [0.5, 0.6) is 0 Å². The average Bonchev–Trinajstić information content (AvgIpc) is 2.96. The zero-order valence-electron chi connectivity index (χ0n) is 12.6. The number of esters is 1. The molecule has 0 aliphatic carbocycles. The summed E-state index contributed by atoms with van der Waals surface area (Å²) in [7, 11) is 0. The van der Waals surface area contributed by atoms with Crippen LogP contribution in [-0.4, -0.2) is 21.8 Å². The van der Waals surface area contributed by atoms with Crippen LogP contribution in [0.15, 0.2) is 65.4 Å². The molecule has 2 heterocycles. The maximum Gasteiger partial charge on any atom is 0.363 e. The Hall–Kier alpha value is -3.32. The Morgan fingerprint density at radius 2 is 2.04 bits per heavy atom. The molecule has 1 aliphatic heterocycles. The molecule has 0 saturated heterocycles. The molecule has 7 nitrogen and oxygen atoms in total. The number of halogens is 1. The predicted octanol–water partition coefficient (Wildman–Crippen LogP) is 3.54. The Kier molecular flexibility index (Phi) is 4.67. The molecular weight excluding hydrogens is 346 g/mol. The van der Waals surface area contributed by atoms with E-state index >= 15 is 0 Å². The van der Waals surface area contributed by atoms with Crippen LogP contribution >= 0.6 is 11.6 Å². The van der Waals surface area contributed by atoms with E-state index in [4.69, 9.17) is 16.3 Å². The number of ether oxygens (including phenoxy) is 1. The van der Waals surface area contributed by atoms with Crippen molar-refractivity contribution < 1.29 is 14.5 Å². The van der Waals surface area contributed by atoms with Crippen LogP contribution in [0.4, 0.5) is 5.69 Å². The summed E-state index contributed by atoms with van der Waals surface area (Å²) < 4.78 is 5.06. The third kappa shape index (κ3) is 3.78. The van der Waals surface area contributed by atoms with Crippen molar-refractivity contribution in [1.82, 2.24) is 4.98 Å². The number of cyclic esters (lactones) is 1. The number of hydrogen-bond acceptors (Lipinski definition) is 6. The molecule has 8 heteroatoms. The van der Waals surface area contributed by atoms with Crippen LogP contribution in [0.3, 0.4) is 0 Å². The summed E-state index contributed by atoms with van der Waals surface area (Å²) in [6.07, 6.45) is 5.90. The van der Waals surface area contributed by atoms with Crippen molar-refractivity contribution in [2.24, 2.45) is 4.99 Å². The van der Waals surface area contributed by atoms with Crippen LogP contribution < -0.4 is 0 Å². The molecule has 1 aromatic carbocycles. The van der Waals surface area contributed by atoms with Crippen molar-refractivity contribution in [3.8, 4) is 0 Å². The fourth-order valence-corrected chi connectivity index (χ4v) is 2.25. The van der Waals surface area contributed by atoms with Gasteiger partial charge in [-0.15, -0.1) is 0 Å². The van der Waals surface area contributed by atoms with Crippen molar-refractivity contribution in [3.63, 3.8) is 0 Å². The second-order valence-corrected chi connectivity index (χ2v) is 5.33. The summed E-state index contributed by atoms with van der Waals surface area (Å²) in [6, 6.07) is 9.39. The maximum absolute atomic E-state index is 11.9. The Balaban J connectivity index is 1.84. The molecule has 0 fully saturated rings. The number of nitro groups is 1. The summed E-state index contributed by atoms with van der Waals surface area (Å²) in [4.78, 5) is 30.4. The van der Waals surface area contributed by atoms with Gasteiger partial charge in [-0.05, 0) is 30.4 Å². The Labute approximate surface area is 147 Å². The van der Waals surface area contributed by atoms with E-state index in [0.717, 1.165) is 0 Å². The zero-order valence-corrected chi connectivity index (χ0v) is 13.4. The summed E-state index contributed by atoms with van der Waals surface area (Å²) >= 11 is 5.87. The highest BCUT2D eigenvalue weighted by molar-refractivity contribution is 6.31. The van der Waals surface area contributed by atoms with Crippen LogP contribution in [0, 0.1) is 10.1 Å². The molecule has 0 amide bonds. The fraction of sp³-hybridized carbons (Fsp3) is 0. The van der Waals surface area contributed by atoms with E-state index in [1.54, 1.807) is 24.3 Å². The first kappa shape index (κ1) is 16.5. The molecule has 3 rings (SSSR count). The van der Waals surface area contributed by atoms with E-state index in [1.807, 2.05) is 0 Å². The van der Waals surface area contributed by atoms with Crippen LogP contribution in [0.1, 0.15) is 11.3 Å². The minimum atomic E-state index is -0.635. The predicted molar refractivity (Wildman–Crippen MR) is 92.1 cm³/mol. The van der Waals surface area contributed by atoms with E-state index in [2.05, 4.69) is 9.98 Å². The van der Waals surface area contributed by atoms with E-state index in [1.165, 1.54) is 36.6 Å². The molecule has 0 N–H and O–H groups in total. The third-order valence-electron chi connectivity index (χ3n) is 3.22. The SMILES string of the molecule is O=C1OC(c2cc(Cl)ccn2)=N/C1=C\C=C\c1ccccc1[N+](=O)[O-]. The molecule has 0 saturated carbocycles. The first-order chi connectivity index (χ1) is 12.0. The topological polar surface area (TPSA) is 94.7 Å². The molecule has 1 aromatic heterocycles. The van der Waals surface area contributed by atoms with Gasteiger partial charge in [-0.2, -0.15) is 0 Å². The Bertz CT molecular complexity index is 950. The molecule has 1 aliphatic rings. The normalized spacial score (nSPS) is 15.5. The number of nitro benzene ring substituents is 1. The molecule has 0 spiro atoms. The summed E-state index contributed by atoms with van der Waals surface area (Å²) in [5.74, 6) is -0.582. The number of para-hydroxylation sites is 1. The lowest BCUT2D eigenvalue weighted by molar-refractivity contribution is -0.385. The first-order valence-corrected chi connectivity index (χ1v) is 7.47. The van der Waals surface area contributed by atoms with Crippen molar-refractivity contribution in [1.29, 1.82) is 0 Å². The second-order valence-electron chi connectivity index (χ2n) is 4.89. The summed E-state index contributed by atoms with van der Waals surface area (Å²) in [6.45, 7) is 0. The number of carbonyl (C=O) groups is 1. The standard InChI is InChI=1S/C17H10ClN3O4/c18-12-8-9-19-14(10-12)16-20-13(17(22)25-16)6-3-5-11-4-1-2-7-15(11)21(23)24/h1-10H/b5-3+,13-6-. The van der Waals surface area contributed by atoms with Crippen LogP contribution in [0.2, 0.25) is 5.02 Å². The first-order valence-electron chi connectivity index (χ1n) is 7.09. The highest BCUT2D eigenvalue weighted by atomic mass is 35.5. The lowest BCUT2D eigenvalue weighted by Crippen LogP contribution is -2.06. The number of nitrogens with zero attached hydrogens (tertiary/aromatic N) is 3. The number of rotatable bonds is 4. The molecule has 0 radical (unpaired) electrons. The number of hydrogen-bond donors (Lipinski definition) is 0. The van der Waals surface area contributed by atoms with Crippen LogP contribution in [-0.2, 0) is 9.53 Å². The zero-order chi connectivity index (χ0) is 17.8. The average molecular weight is 356 g/mol. The van der Waals surface area contributed by atoms with E-state index in [9.17, 15) is 14.9 Å². The monoisotopic (exact) mass is 355 g/mol. The third-order valence-corrected chi connectivity index (χ3v) is 3.46. The number of carbonyl (C=O) groups excluding carboxylic acids is 1. The Morgan fingerprint density at radius 3 is 2.80 bits per heavy atom. The number of aromatic nitrogens is 1. The van der Waals surface area contributed by atoms with Gasteiger partial charge in [0.05, 0.1) is 10.5 Å². The summed E-state index contributed by atoms with van der Waals surface area (Å²) in [5, 5.41) is 11.4. The van der Waals surface area contributed by atoms with Gasteiger partial charge in [0.1, 0.15) is 5.69 Å². The van der Waals surface area contributed by atoms with Crippen molar-refractivity contribution >= 4 is 35.2 Å². The molecule has 0 atom stereocenters. The smallest absolute Gasteiger partial charge is 0.363 e. The molecule has 0 unspecified atom stereocenters. The number of pyridine rings is 1. The van der Waals surface area contributed by atoms with Gasteiger partial charge in [0.15, 0.2) is 5.70 Å². The van der Waals surface area contributed by atoms with Crippen LogP contribution in [0.25, 0.3) is 6.08 Å². The minimum Gasteiger partial charge on any atom is -0.400 e. The molecule has 124 valence electrons. The van der Waals surface area contributed by atoms with Gasteiger partial charge in [-0.25, -0.2) is 9.79 Å². The highest BCUT2D eigenvalue weighted by Gasteiger charge is 2.24. The number of allylic oxidation sites excluding steroid dienone is 2. The maximum atomic E-state index is 11.9. The van der Waals surface area contributed by atoms with Gasteiger partial charge < -0.3 is 4.74 Å². The Morgan fingerprint density at radius 1 is 1.24 bits per heavy atom. The van der Waals surface area contributed by atoms with Crippen molar-refractivity contribution in [3.05, 3.63) is 86.8 Å². The number of aliphatic imine (C=N–C) groups is 1. The van der Waals surface area contributed by atoms with Gasteiger partial charge >= 0.3 is 5.97 Å². The van der Waals surface area contributed by atoms with E-state index in [-0.39, 0.29) is 17.3 Å². The van der Waals surface area contributed by atoms with Gasteiger partial charge in [0, 0.05) is 17.3 Å². The van der Waals surface area contributed by atoms with E-state index in [0.29, 0.717) is 16.3 Å². The fourth-order valence-electron chi connectivity index (χ4n) is 2.09. The van der Waals surface area contributed by atoms with Gasteiger partial charge in [0.25, 0.3) is 5.69 Å². The second kappa shape index (κ2) is 7.06. The van der Waals surface area contributed by atoms with Gasteiger partial charge in [-0.1, -0.05) is 29.8 Å². The largest absolute Gasteiger partial charge is 0.400 e. The number of benzene rings is 1. The minimum absolute atomic E-state index is 0.0292.